The van der Waals surface area contributed by atoms with Gasteiger partial charge in [-0.3, -0.25) is 0 Å². The Kier molecular flexibility index (Phi) is 5.68. The van der Waals surface area contributed by atoms with Gasteiger partial charge in [0, 0.05) is 0 Å². The average Bonchev–Trinajstić information content (AvgIpc) is 2.62. The number of aliphatic hydroxyl groups excluding tert-OH is 3. The van der Waals surface area contributed by atoms with Crippen molar-refractivity contribution in [3.63, 3.8) is 0 Å². The zero-order valence-corrected chi connectivity index (χ0v) is 14.1. The van der Waals surface area contributed by atoms with Crippen LogP contribution < -0.4 is 0 Å². The molecule has 1 saturated heterocycles. The van der Waals surface area contributed by atoms with Crippen molar-refractivity contribution in [2.75, 3.05) is 6.61 Å². The van der Waals surface area contributed by atoms with Crippen molar-refractivity contribution in [3.8, 4) is 0 Å². The molecule has 2 aliphatic rings. The largest absolute Gasteiger partial charge is 0.388 e. The minimum absolute atomic E-state index is 0.205. The maximum Gasteiger partial charge on any atom is 0.186 e. The van der Waals surface area contributed by atoms with Crippen LogP contribution in [-0.4, -0.2) is 58.7 Å². The van der Waals surface area contributed by atoms with Gasteiger partial charge in [0.05, 0.1) is 12.7 Å². The molecule has 0 amide bonds. The topological polar surface area (TPSA) is 88.4 Å². The highest BCUT2D eigenvalue weighted by Crippen LogP contribution is 2.33. The Morgan fingerprint density at radius 3 is 2.72 bits per heavy atom. The standard InChI is InChI=1S/C19H24O6/c1-3-10-23-19-17(22)18(15(20)11(2)24-19)25-14-9-8-12-6-4-5-7-13(12)16(14)21/h3-9,11,14-22H,1,10H2,2H3/t11-,14-,15+,16-,17-,18+,19+/m0/s1. The highest BCUT2D eigenvalue weighted by atomic mass is 16.7. The molecule has 0 aromatic heterocycles. The van der Waals surface area contributed by atoms with Crippen LogP contribution in [-0.2, 0) is 14.2 Å². The molecule has 0 radical (unpaired) electrons. The zero-order valence-electron chi connectivity index (χ0n) is 14.1. The maximum atomic E-state index is 10.6. The number of hydrogen-bond acceptors (Lipinski definition) is 6. The number of benzene rings is 1. The third-order valence-electron chi connectivity index (χ3n) is 4.57. The second-order valence-electron chi connectivity index (χ2n) is 6.31. The first-order chi connectivity index (χ1) is 12.0. The third kappa shape index (κ3) is 3.69. The second kappa shape index (κ2) is 7.78. The summed E-state index contributed by atoms with van der Waals surface area (Å²) in [7, 11) is 0. The Balaban J connectivity index is 1.75. The molecule has 1 aliphatic carbocycles. The lowest BCUT2D eigenvalue weighted by molar-refractivity contribution is -0.304. The molecule has 0 saturated carbocycles. The van der Waals surface area contributed by atoms with Gasteiger partial charge >= 0.3 is 0 Å². The van der Waals surface area contributed by atoms with Gasteiger partial charge in [-0.25, -0.2) is 0 Å². The molecule has 1 fully saturated rings. The molecule has 1 aromatic carbocycles. The molecule has 3 rings (SSSR count). The Bertz CT molecular complexity index is 630. The molecule has 25 heavy (non-hydrogen) atoms. The van der Waals surface area contributed by atoms with Crippen LogP contribution in [0.1, 0.15) is 24.2 Å². The normalized spacial score (nSPS) is 37.5. The van der Waals surface area contributed by atoms with Gasteiger partial charge in [0.15, 0.2) is 6.29 Å². The van der Waals surface area contributed by atoms with Gasteiger partial charge in [0.1, 0.15) is 30.5 Å². The number of rotatable bonds is 5. The van der Waals surface area contributed by atoms with Crippen LogP contribution in [0, 0.1) is 0 Å². The van der Waals surface area contributed by atoms with Gasteiger partial charge in [0.25, 0.3) is 0 Å². The fourth-order valence-corrected chi connectivity index (χ4v) is 3.17. The molecular weight excluding hydrogens is 324 g/mol. The summed E-state index contributed by atoms with van der Waals surface area (Å²) in [5.41, 5.74) is 1.67. The van der Waals surface area contributed by atoms with Crippen molar-refractivity contribution >= 4 is 6.08 Å². The first-order valence-electron chi connectivity index (χ1n) is 8.37. The lowest BCUT2D eigenvalue weighted by Crippen LogP contribution is -2.59. The Morgan fingerprint density at radius 2 is 1.96 bits per heavy atom. The molecule has 6 nitrogen and oxygen atoms in total. The summed E-state index contributed by atoms with van der Waals surface area (Å²) < 4.78 is 16.8. The summed E-state index contributed by atoms with van der Waals surface area (Å²) in [6.07, 6.45) is -1.13. The molecule has 7 atom stereocenters. The van der Waals surface area contributed by atoms with Crippen molar-refractivity contribution in [3.05, 3.63) is 54.1 Å². The Labute approximate surface area is 147 Å². The van der Waals surface area contributed by atoms with Crippen molar-refractivity contribution < 1.29 is 29.5 Å². The SMILES string of the molecule is C=CCO[C@@H]1O[C@@H](C)[C@@H](O)[C@@H](O[C@H]2C=Cc3ccccc3[C@@H]2O)[C@@H]1O. The minimum Gasteiger partial charge on any atom is -0.388 e. The van der Waals surface area contributed by atoms with E-state index in [1.165, 1.54) is 0 Å². The van der Waals surface area contributed by atoms with E-state index < -0.39 is 42.9 Å². The number of hydrogen-bond donors (Lipinski definition) is 3. The molecule has 1 heterocycles. The summed E-state index contributed by atoms with van der Waals surface area (Å²) in [6.45, 7) is 5.45. The predicted molar refractivity (Wildman–Crippen MR) is 91.6 cm³/mol. The van der Waals surface area contributed by atoms with Crippen LogP contribution in [0.25, 0.3) is 6.08 Å². The van der Waals surface area contributed by atoms with Crippen LogP contribution in [0.15, 0.2) is 43.0 Å². The monoisotopic (exact) mass is 348 g/mol. The van der Waals surface area contributed by atoms with Crippen molar-refractivity contribution in [1.82, 2.24) is 0 Å². The summed E-state index contributed by atoms with van der Waals surface area (Å²) in [6, 6.07) is 7.48. The van der Waals surface area contributed by atoms with E-state index in [9.17, 15) is 15.3 Å². The molecule has 0 spiro atoms. The van der Waals surface area contributed by atoms with E-state index in [4.69, 9.17) is 14.2 Å². The quantitative estimate of drug-likeness (QED) is 0.693. The number of ether oxygens (including phenoxy) is 3. The van der Waals surface area contributed by atoms with Crippen molar-refractivity contribution in [1.29, 1.82) is 0 Å². The van der Waals surface area contributed by atoms with Crippen molar-refractivity contribution in [2.45, 2.75) is 49.8 Å². The predicted octanol–water partition coefficient (Wildman–Crippen LogP) is 1.17. The summed E-state index contributed by atoms with van der Waals surface area (Å²) in [4.78, 5) is 0. The van der Waals surface area contributed by atoms with E-state index in [0.717, 1.165) is 11.1 Å². The number of fused-ring (bicyclic) bond motifs is 1. The lowest BCUT2D eigenvalue weighted by Gasteiger charge is -2.42. The minimum atomic E-state index is -1.19. The Hall–Kier alpha value is -1.54. The molecule has 1 aliphatic heterocycles. The van der Waals surface area contributed by atoms with E-state index >= 15 is 0 Å². The second-order valence-corrected chi connectivity index (χ2v) is 6.31. The van der Waals surface area contributed by atoms with Gasteiger partial charge in [-0.05, 0) is 18.1 Å². The summed E-state index contributed by atoms with van der Waals surface area (Å²) in [5.74, 6) is 0. The Morgan fingerprint density at radius 1 is 1.20 bits per heavy atom. The lowest BCUT2D eigenvalue weighted by atomic mass is 9.92. The highest BCUT2D eigenvalue weighted by molar-refractivity contribution is 5.58. The van der Waals surface area contributed by atoms with Crippen LogP contribution in [0.5, 0.6) is 0 Å². The summed E-state index contributed by atoms with van der Waals surface area (Å²) in [5, 5.41) is 31.4. The maximum absolute atomic E-state index is 10.6. The first kappa shape index (κ1) is 18.3. The molecule has 1 aromatic rings. The number of aliphatic hydroxyl groups is 3. The van der Waals surface area contributed by atoms with Crippen LogP contribution in [0.4, 0.5) is 0 Å². The molecule has 0 bridgehead atoms. The molecular formula is C19H24O6. The molecule has 136 valence electrons. The fourth-order valence-electron chi connectivity index (χ4n) is 3.17. The average molecular weight is 348 g/mol. The third-order valence-corrected chi connectivity index (χ3v) is 4.57. The van der Waals surface area contributed by atoms with Gasteiger partial charge in [-0.2, -0.15) is 0 Å². The van der Waals surface area contributed by atoms with E-state index in [1.807, 2.05) is 30.3 Å². The van der Waals surface area contributed by atoms with E-state index in [0.29, 0.717) is 0 Å². The van der Waals surface area contributed by atoms with E-state index in [1.54, 1.807) is 19.1 Å². The molecule has 3 N–H and O–H groups in total. The van der Waals surface area contributed by atoms with Gasteiger partial charge in [-0.15, -0.1) is 6.58 Å². The van der Waals surface area contributed by atoms with Gasteiger partial charge in [0.2, 0.25) is 0 Å². The fraction of sp³-hybridized carbons (Fsp3) is 0.474. The van der Waals surface area contributed by atoms with Gasteiger partial charge in [-0.1, -0.05) is 42.5 Å². The van der Waals surface area contributed by atoms with Crippen LogP contribution >= 0.6 is 0 Å². The molecule has 6 heteroatoms. The molecule has 0 unspecified atom stereocenters. The van der Waals surface area contributed by atoms with Crippen LogP contribution in [0.3, 0.4) is 0 Å². The van der Waals surface area contributed by atoms with Gasteiger partial charge < -0.3 is 29.5 Å². The van der Waals surface area contributed by atoms with Crippen LogP contribution in [0.2, 0.25) is 0 Å². The highest BCUT2D eigenvalue weighted by Gasteiger charge is 2.45. The zero-order chi connectivity index (χ0) is 18.0. The smallest absolute Gasteiger partial charge is 0.186 e. The van der Waals surface area contributed by atoms with E-state index in [2.05, 4.69) is 6.58 Å². The summed E-state index contributed by atoms with van der Waals surface area (Å²) >= 11 is 0. The van der Waals surface area contributed by atoms with Crippen molar-refractivity contribution in [2.24, 2.45) is 0 Å². The van der Waals surface area contributed by atoms with E-state index in [-0.39, 0.29) is 6.61 Å². The first-order valence-corrected chi connectivity index (χ1v) is 8.37.